The highest BCUT2D eigenvalue weighted by Gasteiger charge is 2.51. The van der Waals surface area contributed by atoms with Crippen molar-refractivity contribution in [1.82, 2.24) is 5.32 Å². The molecule has 1 amide bonds. The number of hydrogen-bond donors (Lipinski definition) is 1. The first kappa shape index (κ1) is 17.5. The van der Waals surface area contributed by atoms with Crippen LogP contribution in [0.1, 0.15) is 63.7 Å². The van der Waals surface area contributed by atoms with E-state index in [4.69, 9.17) is 9.31 Å². The first-order valence-corrected chi connectivity index (χ1v) is 9.02. The number of carbonyl (C=O) groups excluding carboxylic acids is 1. The number of hydrogen-bond acceptors (Lipinski definition) is 3. The third-order valence-corrected chi connectivity index (χ3v) is 5.72. The van der Waals surface area contributed by atoms with E-state index < -0.39 is 0 Å². The molecule has 1 aliphatic heterocycles. The summed E-state index contributed by atoms with van der Waals surface area (Å²) < 4.78 is 12.1. The van der Waals surface area contributed by atoms with Gasteiger partial charge in [0.25, 0.3) is 5.91 Å². The molecule has 1 saturated carbocycles. The van der Waals surface area contributed by atoms with E-state index in [2.05, 4.69) is 5.32 Å². The van der Waals surface area contributed by atoms with Gasteiger partial charge in [0.2, 0.25) is 0 Å². The Morgan fingerprint density at radius 2 is 1.62 bits per heavy atom. The van der Waals surface area contributed by atoms with Crippen molar-refractivity contribution >= 4 is 18.5 Å². The third kappa shape index (κ3) is 3.52. The standard InChI is InChI=1S/C19H28BNO3/c1-18(2)19(3,4)24-20(23-18)16-11-9-15(10-12-16)17(22)21-13-14-7-5-6-8-14/h9-12,14H,5-8,13H2,1-4H3,(H,21,22). The molecule has 4 nitrogen and oxygen atoms in total. The van der Waals surface area contributed by atoms with E-state index in [0.717, 1.165) is 12.0 Å². The Morgan fingerprint density at radius 1 is 1.08 bits per heavy atom. The van der Waals surface area contributed by atoms with E-state index >= 15 is 0 Å². The van der Waals surface area contributed by atoms with Crippen LogP contribution < -0.4 is 10.8 Å². The molecule has 5 heteroatoms. The molecule has 1 heterocycles. The molecule has 0 unspecified atom stereocenters. The molecule has 0 bridgehead atoms. The largest absolute Gasteiger partial charge is 0.494 e. The molecule has 0 spiro atoms. The molecule has 0 radical (unpaired) electrons. The van der Waals surface area contributed by atoms with Gasteiger partial charge in [-0.15, -0.1) is 0 Å². The van der Waals surface area contributed by atoms with Crippen LogP contribution in [0, 0.1) is 5.92 Å². The molecule has 24 heavy (non-hydrogen) atoms. The Labute approximate surface area is 145 Å². The number of carbonyl (C=O) groups is 1. The van der Waals surface area contributed by atoms with Gasteiger partial charge < -0.3 is 14.6 Å². The van der Waals surface area contributed by atoms with Gasteiger partial charge in [-0.3, -0.25) is 4.79 Å². The van der Waals surface area contributed by atoms with Crippen LogP contribution in [0.4, 0.5) is 0 Å². The minimum atomic E-state index is -0.384. The summed E-state index contributed by atoms with van der Waals surface area (Å²) in [6, 6.07) is 7.55. The second kappa shape index (κ2) is 6.53. The van der Waals surface area contributed by atoms with Crippen LogP contribution >= 0.6 is 0 Å². The molecule has 1 aromatic carbocycles. The van der Waals surface area contributed by atoms with Crippen molar-refractivity contribution in [3.8, 4) is 0 Å². The predicted molar refractivity (Wildman–Crippen MR) is 96.4 cm³/mol. The molecule has 2 aliphatic rings. The molecule has 1 saturated heterocycles. The molecule has 2 fully saturated rings. The van der Waals surface area contributed by atoms with Crippen LogP contribution in [0.2, 0.25) is 0 Å². The van der Waals surface area contributed by atoms with Crippen LogP contribution in [-0.4, -0.2) is 30.8 Å². The number of benzene rings is 1. The normalized spacial score (nSPS) is 22.8. The quantitative estimate of drug-likeness (QED) is 0.864. The zero-order chi connectivity index (χ0) is 17.4. The van der Waals surface area contributed by atoms with Gasteiger partial charge in [-0.1, -0.05) is 25.0 Å². The van der Waals surface area contributed by atoms with Crippen molar-refractivity contribution in [3.63, 3.8) is 0 Å². The van der Waals surface area contributed by atoms with Gasteiger partial charge in [0, 0.05) is 12.1 Å². The average molecular weight is 329 g/mol. The first-order chi connectivity index (χ1) is 11.3. The maximum Gasteiger partial charge on any atom is 0.494 e. The van der Waals surface area contributed by atoms with Gasteiger partial charge in [-0.2, -0.15) is 0 Å². The first-order valence-electron chi connectivity index (χ1n) is 9.02. The van der Waals surface area contributed by atoms with E-state index in [1.807, 2.05) is 52.0 Å². The summed E-state index contributed by atoms with van der Waals surface area (Å²) in [7, 11) is -0.384. The smallest absolute Gasteiger partial charge is 0.399 e. The molecule has 1 aromatic rings. The maximum atomic E-state index is 12.3. The molecule has 3 rings (SSSR count). The number of amides is 1. The summed E-state index contributed by atoms with van der Waals surface area (Å²) >= 11 is 0. The SMILES string of the molecule is CC1(C)OB(c2ccc(C(=O)NCC3CCCC3)cc2)OC1(C)C. The fourth-order valence-corrected chi connectivity index (χ4v) is 3.32. The van der Waals surface area contributed by atoms with Gasteiger partial charge in [-0.25, -0.2) is 0 Å². The van der Waals surface area contributed by atoms with Crippen LogP contribution in [0.25, 0.3) is 0 Å². The van der Waals surface area contributed by atoms with E-state index in [0.29, 0.717) is 11.5 Å². The lowest BCUT2D eigenvalue weighted by atomic mass is 9.79. The Morgan fingerprint density at radius 3 is 2.17 bits per heavy atom. The molecule has 0 aromatic heterocycles. The van der Waals surface area contributed by atoms with E-state index in [1.165, 1.54) is 25.7 Å². The molecular weight excluding hydrogens is 301 g/mol. The van der Waals surface area contributed by atoms with Crippen molar-refractivity contribution in [2.75, 3.05) is 6.54 Å². The Kier molecular flexibility index (Phi) is 4.76. The lowest BCUT2D eigenvalue weighted by Gasteiger charge is -2.32. The van der Waals surface area contributed by atoms with Gasteiger partial charge in [0.1, 0.15) is 0 Å². The van der Waals surface area contributed by atoms with Gasteiger partial charge in [-0.05, 0) is 64.1 Å². The van der Waals surface area contributed by atoms with Crippen LogP contribution in [0.15, 0.2) is 24.3 Å². The summed E-state index contributed by atoms with van der Waals surface area (Å²) in [4.78, 5) is 12.3. The lowest BCUT2D eigenvalue weighted by molar-refractivity contribution is 0.00578. The van der Waals surface area contributed by atoms with Crippen molar-refractivity contribution in [3.05, 3.63) is 29.8 Å². The minimum Gasteiger partial charge on any atom is -0.399 e. The maximum absolute atomic E-state index is 12.3. The zero-order valence-corrected chi connectivity index (χ0v) is 15.2. The molecule has 0 atom stereocenters. The number of rotatable bonds is 4. The molecule has 1 aliphatic carbocycles. The Hall–Kier alpha value is -1.33. The van der Waals surface area contributed by atoms with Crippen LogP contribution in [0.3, 0.4) is 0 Å². The van der Waals surface area contributed by atoms with Crippen molar-refractivity contribution in [1.29, 1.82) is 0 Å². The van der Waals surface area contributed by atoms with E-state index in [9.17, 15) is 4.79 Å². The highest BCUT2D eigenvalue weighted by atomic mass is 16.7. The summed E-state index contributed by atoms with van der Waals surface area (Å²) in [6.07, 6.45) is 5.06. The second-order valence-electron chi connectivity index (χ2n) is 8.07. The Bertz CT molecular complexity index is 575. The van der Waals surface area contributed by atoms with Gasteiger partial charge >= 0.3 is 7.12 Å². The van der Waals surface area contributed by atoms with E-state index in [-0.39, 0.29) is 24.2 Å². The molecule has 130 valence electrons. The zero-order valence-electron chi connectivity index (χ0n) is 15.2. The highest BCUT2D eigenvalue weighted by molar-refractivity contribution is 6.62. The highest BCUT2D eigenvalue weighted by Crippen LogP contribution is 2.36. The molecule has 1 N–H and O–H groups in total. The minimum absolute atomic E-state index is 0.00219. The second-order valence-corrected chi connectivity index (χ2v) is 8.07. The summed E-state index contributed by atoms with van der Waals surface area (Å²) in [6.45, 7) is 8.95. The van der Waals surface area contributed by atoms with Gasteiger partial charge in [0.05, 0.1) is 11.2 Å². The van der Waals surface area contributed by atoms with Crippen molar-refractivity contribution in [2.24, 2.45) is 5.92 Å². The monoisotopic (exact) mass is 329 g/mol. The van der Waals surface area contributed by atoms with Crippen LogP contribution in [0.5, 0.6) is 0 Å². The fraction of sp³-hybridized carbons (Fsp3) is 0.632. The topological polar surface area (TPSA) is 47.6 Å². The summed E-state index contributed by atoms with van der Waals surface area (Å²) in [5.74, 6) is 0.653. The predicted octanol–water partition coefficient (Wildman–Crippen LogP) is 2.91. The average Bonchev–Trinajstić information content (AvgIpc) is 3.11. The fourth-order valence-electron chi connectivity index (χ4n) is 3.32. The van der Waals surface area contributed by atoms with E-state index in [1.54, 1.807) is 0 Å². The lowest BCUT2D eigenvalue weighted by Crippen LogP contribution is -2.41. The molecular formula is C19H28BNO3. The van der Waals surface area contributed by atoms with Gasteiger partial charge in [0.15, 0.2) is 0 Å². The Balaban J connectivity index is 1.60. The summed E-state index contributed by atoms with van der Waals surface area (Å²) in [5.41, 5.74) is 0.929. The summed E-state index contributed by atoms with van der Waals surface area (Å²) in [5, 5.41) is 3.05. The van der Waals surface area contributed by atoms with Crippen molar-refractivity contribution in [2.45, 2.75) is 64.6 Å². The third-order valence-electron chi connectivity index (χ3n) is 5.72. The van der Waals surface area contributed by atoms with Crippen molar-refractivity contribution < 1.29 is 14.1 Å². The van der Waals surface area contributed by atoms with Crippen LogP contribution in [-0.2, 0) is 9.31 Å². The number of nitrogens with one attached hydrogen (secondary N) is 1.